The average Bonchev–Trinajstić information content (AvgIpc) is 2.73. The van der Waals surface area contributed by atoms with Crippen molar-refractivity contribution in [3.05, 3.63) is 35.0 Å². The Morgan fingerprint density at radius 3 is 2.53 bits per heavy atom. The van der Waals surface area contributed by atoms with Gasteiger partial charge in [-0.2, -0.15) is 4.98 Å². The maximum atomic E-state index is 11.1. The molecule has 0 aliphatic heterocycles. The molecule has 0 amide bonds. The van der Waals surface area contributed by atoms with Crippen molar-refractivity contribution in [2.45, 2.75) is 20.8 Å². The number of hydrogen-bond acceptors (Lipinski definition) is 4. The third-order valence-corrected chi connectivity index (χ3v) is 2.77. The molecule has 5 nitrogen and oxygen atoms in total. The molecular formula is C14H15NO4. The van der Waals surface area contributed by atoms with Crippen LogP contribution >= 0.6 is 0 Å². The van der Waals surface area contributed by atoms with Gasteiger partial charge in [-0.3, -0.25) is 0 Å². The van der Waals surface area contributed by atoms with E-state index in [1.165, 1.54) is 0 Å². The number of rotatable bonds is 4. The summed E-state index contributed by atoms with van der Waals surface area (Å²) in [6, 6.07) is 5.78. The van der Waals surface area contributed by atoms with E-state index >= 15 is 0 Å². The number of hydrogen-bond donors (Lipinski definition) is 1. The van der Waals surface area contributed by atoms with E-state index in [1.807, 2.05) is 32.0 Å². The lowest BCUT2D eigenvalue weighted by molar-refractivity contribution is 0.0683. The SMILES string of the molecule is CCOc1oc(-c2c(C)cccc2C)nc1C(=O)O. The molecule has 0 saturated carbocycles. The molecule has 0 bridgehead atoms. The Bertz CT molecular complexity index is 596. The van der Waals surface area contributed by atoms with Gasteiger partial charge < -0.3 is 14.3 Å². The predicted octanol–water partition coefficient (Wildman–Crippen LogP) is 3.06. The number of aromatic nitrogens is 1. The number of aromatic carboxylic acids is 1. The highest BCUT2D eigenvalue weighted by molar-refractivity contribution is 5.88. The van der Waals surface area contributed by atoms with E-state index in [0.717, 1.165) is 16.7 Å². The van der Waals surface area contributed by atoms with E-state index in [4.69, 9.17) is 14.3 Å². The average molecular weight is 261 g/mol. The fourth-order valence-electron chi connectivity index (χ4n) is 1.93. The Hall–Kier alpha value is -2.30. The first-order valence-corrected chi connectivity index (χ1v) is 5.98. The van der Waals surface area contributed by atoms with Crippen molar-refractivity contribution in [3.8, 4) is 17.4 Å². The predicted molar refractivity (Wildman–Crippen MR) is 69.5 cm³/mol. The summed E-state index contributed by atoms with van der Waals surface area (Å²) in [5, 5.41) is 9.09. The van der Waals surface area contributed by atoms with Crippen LogP contribution in [-0.4, -0.2) is 22.7 Å². The first-order valence-electron chi connectivity index (χ1n) is 5.98. The van der Waals surface area contributed by atoms with Gasteiger partial charge in [0, 0.05) is 5.56 Å². The van der Waals surface area contributed by atoms with Crippen molar-refractivity contribution in [2.75, 3.05) is 6.61 Å². The molecule has 0 fully saturated rings. The molecule has 2 rings (SSSR count). The summed E-state index contributed by atoms with van der Waals surface area (Å²) in [7, 11) is 0. The normalized spacial score (nSPS) is 10.5. The second-order valence-corrected chi connectivity index (χ2v) is 4.16. The minimum atomic E-state index is -1.16. The van der Waals surface area contributed by atoms with Crippen LogP contribution in [0.15, 0.2) is 22.6 Å². The van der Waals surface area contributed by atoms with Crippen LogP contribution in [-0.2, 0) is 0 Å². The summed E-state index contributed by atoms with van der Waals surface area (Å²) >= 11 is 0. The molecule has 1 N–H and O–H groups in total. The van der Waals surface area contributed by atoms with Crippen molar-refractivity contribution in [3.63, 3.8) is 0 Å². The lowest BCUT2D eigenvalue weighted by atomic mass is 10.0. The minimum Gasteiger partial charge on any atom is -0.476 e. The number of nitrogens with zero attached hydrogens (tertiary/aromatic N) is 1. The van der Waals surface area contributed by atoms with Crippen LogP contribution in [0.2, 0.25) is 0 Å². The van der Waals surface area contributed by atoms with Crippen LogP contribution in [0.25, 0.3) is 11.5 Å². The lowest BCUT2D eigenvalue weighted by Crippen LogP contribution is -2.01. The van der Waals surface area contributed by atoms with Crippen LogP contribution in [0.1, 0.15) is 28.5 Å². The van der Waals surface area contributed by atoms with E-state index in [1.54, 1.807) is 6.92 Å². The van der Waals surface area contributed by atoms with E-state index in [-0.39, 0.29) is 17.5 Å². The fraction of sp³-hybridized carbons (Fsp3) is 0.286. The molecule has 100 valence electrons. The number of carboxylic acid groups (broad SMARTS) is 1. The Balaban J connectivity index is 2.57. The molecular weight excluding hydrogens is 246 g/mol. The molecule has 0 aliphatic rings. The van der Waals surface area contributed by atoms with Crippen molar-refractivity contribution in [1.82, 2.24) is 4.98 Å². The molecule has 2 aromatic rings. The van der Waals surface area contributed by atoms with Crippen molar-refractivity contribution < 1.29 is 19.1 Å². The zero-order valence-corrected chi connectivity index (χ0v) is 11.1. The minimum absolute atomic E-state index is 0.0485. The van der Waals surface area contributed by atoms with Gasteiger partial charge in [0.1, 0.15) is 0 Å². The monoisotopic (exact) mass is 261 g/mol. The molecule has 0 aliphatic carbocycles. The molecule has 0 unspecified atom stereocenters. The van der Waals surface area contributed by atoms with Gasteiger partial charge in [0.15, 0.2) is 0 Å². The Morgan fingerprint density at radius 2 is 2.00 bits per heavy atom. The summed E-state index contributed by atoms with van der Waals surface area (Å²) in [6.07, 6.45) is 0. The summed E-state index contributed by atoms with van der Waals surface area (Å²) < 4.78 is 10.6. The Labute approximate surface area is 110 Å². The first kappa shape index (κ1) is 13.1. The first-order chi connectivity index (χ1) is 9.04. The topological polar surface area (TPSA) is 72.6 Å². The van der Waals surface area contributed by atoms with Gasteiger partial charge in [0.2, 0.25) is 11.6 Å². The van der Waals surface area contributed by atoms with Gasteiger partial charge in [0.05, 0.1) is 6.61 Å². The molecule has 0 saturated heterocycles. The summed E-state index contributed by atoms with van der Waals surface area (Å²) in [5.41, 5.74) is 2.55. The van der Waals surface area contributed by atoms with Gasteiger partial charge in [-0.15, -0.1) is 0 Å². The third-order valence-electron chi connectivity index (χ3n) is 2.77. The number of benzene rings is 1. The second-order valence-electron chi connectivity index (χ2n) is 4.16. The van der Waals surface area contributed by atoms with Crippen molar-refractivity contribution >= 4 is 5.97 Å². The van der Waals surface area contributed by atoms with Crippen LogP contribution in [0, 0.1) is 13.8 Å². The lowest BCUT2D eigenvalue weighted by Gasteiger charge is -2.04. The highest BCUT2D eigenvalue weighted by Crippen LogP contribution is 2.31. The standard InChI is InChI=1S/C14H15NO4/c1-4-18-14-11(13(16)17)15-12(19-14)10-8(2)6-5-7-9(10)3/h5-7H,4H2,1-3H3,(H,16,17). The zero-order chi connectivity index (χ0) is 14.0. The molecule has 1 aromatic heterocycles. The Kier molecular flexibility index (Phi) is 3.55. The van der Waals surface area contributed by atoms with Gasteiger partial charge in [-0.1, -0.05) is 18.2 Å². The number of ether oxygens (including phenoxy) is 1. The highest BCUT2D eigenvalue weighted by Gasteiger charge is 2.23. The van der Waals surface area contributed by atoms with Crippen LogP contribution < -0.4 is 4.74 Å². The van der Waals surface area contributed by atoms with Gasteiger partial charge in [-0.05, 0) is 31.9 Å². The van der Waals surface area contributed by atoms with Gasteiger partial charge in [-0.25, -0.2) is 4.79 Å². The van der Waals surface area contributed by atoms with Gasteiger partial charge in [0.25, 0.3) is 0 Å². The van der Waals surface area contributed by atoms with Crippen LogP contribution in [0.5, 0.6) is 5.95 Å². The summed E-state index contributed by atoms with van der Waals surface area (Å²) in [6.45, 7) is 5.93. The molecule has 0 spiro atoms. The molecule has 1 heterocycles. The largest absolute Gasteiger partial charge is 0.476 e. The molecule has 0 radical (unpaired) electrons. The van der Waals surface area contributed by atoms with E-state index < -0.39 is 5.97 Å². The van der Waals surface area contributed by atoms with E-state index in [9.17, 15) is 4.79 Å². The molecule has 5 heteroatoms. The van der Waals surface area contributed by atoms with Crippen LogP contribution in [0.4, 0.5) is 0 Å². The second kappa shape index (κ2) is 5.14. The number of oxazole rings is 1. The summed E-state index contributed by atoms with van der Waals surface area (Å²) in [5.74, 6) is -0.936. The molecule has 1 aromatic carbocycles. The van der Waals surface area contributed by atoms with Crippen LogP contribution in [0.3, 0.4) is 0 Å². The zero-order valence-electron chi connectivity index (χ0n) is 11.1. The van der Waals surface area contributed by atoms with Crippen molar-refractivity contribution in [1.29, 1.82) is 0 Å². The fourth-order valence-corrected chi connectivity index (χ4v) is 1.93. The maximum Gasteiger partial charge on any atom is 0.362 e. The smallest absolute Gasteiger partial charge is 0.362 e. The highest BCUT2D eigenvalue weighted by atomic mass is 16.6. The molecule has 0 atom stereocenters. The van der Waals surface area contributed by atoms with E-state index in [0.29, 0.717) is 6.61 Å². The third kappa shape index (κ3) is 2.45. The van der Waals surface area contributed by atoms with Crippen molar-refractivity contribution in [2.24, 2.45) is 0 Å². The van der Waals surface area contributed by atoms with Gasteiger partial charge >= 0.3 is 11.9 Å². The molecule has 19 heavy (non-hydrogen) atoms. The summed E-state index contributed by atoms with van der Waals surface area (Å²) in [4.78, 5) is 15.1. The number of carboxylic acids is 1. The number of carbonyl (C=O) groups is 1. The van der Waals surface area contributed by atoms with E-state index in [2.05, 4.69) is 4.98 Å². The quantitative estimate of drug-likeness (QED) is 0.915. The maximum absolute atomic E-state index is 11.1. The number of aryl methyl sites for hydroxylation is 2. The Morgan fingerprint density at radius 1 is 1.37 bits per heavy atom.